The van der Waals surface area contributed by atoms with Gasteiger partial charge in [-0.1, -0.05) is 0 Å². The maximum Gasteiger partial charge on any atom is 0.225 e. The second-order valence-electron chi connectivity index (χ2n) is 4.67. The van der Waals surface area contributed by atoms with E-state index in [2.05, 4.69) is 9.97 Å². The number of aromatic nitrogens is 2. The summed E-state index contributed by atoms with van der Waals surface area (Å²) in [6.07, 6.45) is 0.752. The molecule has 1 aliphatic heterocycles. The smallest absolute Gasteiger partial charge is 0.225 e. The Morgan fingerprint density at radius 1 is 1.56 bits per heavy atom. The Kier molecular flexibility index (Phi) is 2.82. The average Bonchev–Trinajstić information content (AvgIpc) is 2.58. The van der Waals surface area contributed by atoms with E-state index in [-0.39, 0.29) is 0 Å². The van der Waals surface area contributed by atoms with Crippen molar-refractivity contribution in [3.63, 3.8) is 0 Å². The van der Waals surface area contributed by atoms with E-state index in [4.69, 9.17) is 5.73 Å². The third kappa shape index (κ3) is 2.31. The fourth-order valence-electron chi connectivity index (χ4n) is 1.98. The standard InChI is InChI=1S/C11H18N4O/c1-8-5-9(6-12)14-10(13-8)15-4-3-11(2,16)7-15/h5,16H,3-4,6-7,12H2,1-2H3. The van der Waals surface area contributed by atoms with Crippen molar-refractivity contribution in [2.45, 2.75) is 32.4 Å². The summed E-state index contributed by atoms with van der Waals surface area (Å²) in [6.45, 7) is 5.56. The van der Waals surface area contributed by atoms with E-state index in [0.29, 0.717) is 19.0 Å². The van der Waals surface area contributed by atoms with Gasteiger partial charge in [0.15, 0.2) is 0 Å². The van der Waals surface area contributed by atoms with E-state index in [0.717, 1.165) is 24.4 Å². The summed E-state index contributed by atoms with van der Waals surface area (Å²) >= 11 is 0. The third-order valence-corrected chi connectivity index (χ3v) is 2.84. The van der Waals surface area contributed by atoms with E-state index >= 15 is 0 Å². The Labute approximate surface area is 95.3 Å². The Bertz CT molecular complexity index is 392. The van der Waals surface area contributed by atoms with Gasteiger partial charge in [-0.15, -0.1) is 0 Å². The Morgan fingerprint density at radius 2 is 2.31 bits per heavy atom. The highest BCUT2D eigenvalue weighted by Crippen LogP contribution is 2.24. The molecular weight excluding hydrogens is 204 g/mol. The topological polar surface area (TPSA) is 75.3 Å². The van der Waals surface area contributed by atoms with Crippen LogP contribution in [0.25, 0.3) is 0 Å². The molecule has 1 atom stereocenters. The normalized spacial score (nSPS) is 25.1. The molecule has 0 amide bonds. The summed E-state index contributed by atoms with van der Waals surface area (Å²) in [7, 11) is 0. The number of rotatable bonds is 2. The van der Waals surface area contributed by atoms with Crippen molar-refractivity contribution < 1.29 is 5.11 Å². The van der Waals surface area contributed by atoms with Gasteiger partial charge in [0.05, 0.1) is 11.3 Å². The maximum absolute atomic E-state index is 9.90. The first-order valence-electron chi connectivity index (χ1n) is 5.52. The number of anilines is 1. The molecule has 5 nitrogen and oxygen atoms in total. The van der Waals surface area contributed by atoms with Gasteiger partial charge in [-0.25, -0.2) is 9.97 Å². The lowest BCUT2D eigenvalue weighted by Crippen LogP contribution is -2.30. The fourth-order valence-corrected chi connectivity index (χ4v) is 1.98. The van der Waals surface area contributed by atoms with Crippen LogP contribution in [0.4, 0.5) is 5.95 Å². The lowest BCUT2D eigenvalue weighted by atomic mass is 10.1. The van der Waals surface area contributed by atoms with E-state index in [1.165, 1.54) is 0 Å². The summed E-state index contributed by atoms with van der Waals surface area (Å²) < 4.78 is 0. The van der Waals surface area contributed by atoms with Crippen LogP contribution in [0.3, 0.4) is 0 Å². The van der Waals surface area contributed by atoms with Gasteiger partial charge in [0.2, 0.25) is 5.95 Å². The van der Waals surface area contributed by atoms with E-state index < -0.39 is 5.60 Å². The third-order valence-electron chi connectivity index (χ3n) is 2.84. The van der Waals surface area contributed by atoms with Gasteiger partial charge >= 0.3 is 0 Å². The van der Waals surface area contributed by atoms with Gasteiger partial charge in [0.1, 0.15) is 0 Å². The van der Waals surface area contributed by atoms with Crippen molar-refractivity contribution in [3.8, 4) is 0 Å². The summed E-state index contributed by atoms with van der Waals surface area (Å²) in [4.78, 5) is 10.8. The van der Waals surface area contributed by atoms with Crippen LogP contribution in [-0.4, -0.2) is 33.8 Å². The predicted octanol–water partition coefficient (Wildman–Crippen LogP) is 0.205. The molecule has 1 aromatic rings. The van der Waals surface area contributed by atoms with E-state index in [1.54, 1.807) is 0 Å². The summed E-state index contributed by atoms with van der Waals surface area (Å²) in [5.74, 6) is 0.679. The second kappa shape index (κ2) is 3.99. The molecule has 0 bridgehead atoms. The molecule has 1 aromatic heterocycles. The van der Waals surface area contributed by atoms with Gasteiger partial charge in [-0.05, 0) is 26.3 Å². The van der Waals surface area contributed by atoms with Crippen LogP contribution < -0.4 is 10.6 Å². The van der Waals surface area contributed by atoms with Crippen LogP contribution in [0.1, 0.15) is 24.7 Å². The van der Waals surface area contributed by atoms with Crippen LogP contribution in [0.2, 0.25) is 0 Å². The van der Waals surface area contributed by atoms with Crippen LogP contribution in [0, 0.1) is 6.92 Å². The molecule has 1 unspecified atom stereocenters. The highest BCUT2D eigenvalue weighted by molar-refractivity contribution is 5.35. The van der Waals surface area contributed by atoms with Gasteiger partial charge < -0.3 is 15.7 Å². The van der Waals surface area contributed by atoms with Gasteiger partial charge in [-0.2, -0.15) is 0 Å². The second-order valence-corrected chi connectivity index (χ2v) is 4.67. The fraction of sp³-hybridized carbons (Fsp3) is 0.636. The first kappa shape index (κ1) is 11.3. The van der Waals surface area contributed by atoms with E-state index in [9.17, 15) is 5.11 Å². The zero-order valence-electron chi connectivity index (χ0n) is 9.77. The molecule has 1 saturated heterocycles. The molecule has 0 spiro atoms. The minimum atomic E-state index is -0.629. The van der Waals surface area contributed by atoms with Crippen LogP contribution in [0.5, 0.6) is 0 Å². The molecule has 16 heavy (non-hydrogen) atoms. The number of aryl methyl sites for hydroxylation is 1. The van der Waals surface area contributed by atoms with Gasteiger partial charge in [-0.3, -0.25) is 0 Å². The Hall–Kier alpha value is -1.20. The molecule has 0 saturated carbocycles. The lowest BCUT2D eigenvalue weighted by Gasteiger charge is -2.19. The Balaban J connectivity index is 2.24. The lowest BCUT2D eigenvalue weighted by molar-refractivity contribution is 0.0838. The molecule has 5 heteroatoms. The number of aliphatic hydroxyl groups is 1. The molecule has 2 heterocycles. The largest absolute Gasteiger partial charge is 0.388 e. The first-order valence-corrected chi connectivity index (χ1v) is 5.52. The van der Waals surface area contributed by atoms with Crippen LogP contribution in [-0.2, 0) is 6.54 Å². The van der Waals surface area contributed by atoms with Crippen molar-refractivity contribution in [1.29, 1.82) is 0 Å². The van der Waals surface area contributed by atoms with Crippen molar-refractivity contribution in [2.24, 2.45) is 5.73 Å². The maximum atomic E-state index is 9.90. The minimum absolute atomic E-state index is 0.417. The number of hydrogen-bond acceptors (Lipinski definition) is 5. The van der Waals surface area contributed by atoms with Crippen molar-refractivity contribution in [3.05, 3.63) is 17.5 Å². The molecular formula is C11H18N4O. The summed E-state index contributed by atoms with van der Waals surface area (Å²) in [5.41, 5.74) is 6.71. The molecule has 88 valence electrons. The van der Waals surface area contributed by atoms with Crippen LogP contribution >= 0.6 is 0 Å². The number of nitrogens with zero attached hydrogens (tertiary/aromatic N) is 3. The minimum Gasteiger partial charge on any atom is -0.388 e. The van der Waals surface area contributed by atoms with Gasteiger partial charge in [0, 0.05) is 25.3 Å². The van der Waals surface area contributed by atoms with Gasteiger partial charge in [0.25, 0.3) is 0 Å². The zero-order chi connectivity index (χ0) is 11.8. The molecule has 2 rings (SSSR count). The summed E-state index contributed by atoms with van der Waals surface area (Å²) in [6, 6.07) is 1.89. The number of hydrogen-bond donors (Lipinski definition) is 2. The average molecular weight is 222 g/mol. The van der Waals surface area contributed by atoms with Crippen molar-refractivity contribution in [1.82, 2.24) is 9.97 Å². The summed E-state index contributed by atoms with van der Waals surface area (Å²) in [5, 5.41) is 9.90. The molecule has 0 aliphatic carbocycles. The molecule has 1 aliphatic rings. The van der Waals surface area contributed by atoms with Crippen molar-refractivity contribution >= 4 is 5.95 Å². The molecule has 0 aromatic carbocycles. The zero-order valence-corrected chi connectivity index (χ0v) is 9.77. The number of nitrogens with two attached hydrogens (primary N) is 1. The monoisotopic (exact) mass is 222 g/mol. The highest BCUT2D eigenvalue weighted by atomic mass is 16.3. The highest BCUT2D eigenvalue weighted by Gasteiger charge is 2.32. The predicted molar refractivity (Wildman–Crippen MR) is 62.1 cm³/mol. The van der Waals surface area contributed by atoms with E-state index in [1.807, 2.05) is 24.8 Å². The number of β-amino-alcohol motifs (C(OH)–C–C–N with tert-alkyl or cyclic N) is 1. The Morgan fingerprint density at radius 3 is 2.88 bits per heavy atom. The molecule has 3 N–H and O–H groups in total. The first-order chi connectivity index (χ1) is 7.50. The van der Waals surface area contributed by atoms with Crippen LogP contribution in [0.15, 0.2) is 6.07 Å². The van der Waals surface area contributed by atoms with Crippen molar-refractivity contribution in [2.75, 3.05) is 18.0 Å². The molecule has 0 radical (unpaired) electrons. The SMILES string of the molecule is Cc1cc(CN)nc(N2CCC(C)(O)C2)n1. The quantitative estimate of drug-likeness (QED) is 0.748. The molecule has 1 fully saturated rings.